The van der Waals surface area contributed by atoms with Crippen LogP contribution in [0.15, 0.2) is 42.7 Å². The van der Waals surface area contributed by atoms with Crippen molar-refractivity contribution in [1.82, 2.24) is 4.57 Å². The minimum absolute atomic E-state index is 0.998. The second-order valence-electron chi connectivity index (χ2n) is 10.4. The third-order valence-electron chi connectivity index (χ3n) is 7.29. The van der Waals surface area contributed by atoms with Crippen LogP contribution in [0.4, 0.5) is 0 Å². The highest BCUT2D eigenvalue weighted by Crippen LogP contribution is 2.14. The van der Waals surface area contributed by atoms with E-state index >= 15 is 0 Å². The first-order valence-electron chi connectivity index (χ1n) is 15.0. The Labute approximate surface area is 212 Å². The molecular formula is C32H55N2+. The largest absolute Gasteiger partial charge is 0.256 e. The summed E-state index contributed by atoms with van der Waals surface area (Å²) in [5, 5.41) is 0. The van der Waals surface area contributed by atoms with E-state index in [0.29, 0.717) is 0 Å². The SMILES string of the molecule is CCCCCCCCCCCCCn1cc[n+](Cc2ccccc2)c1CCCCCCCCC. The molecule has 0 saturated carbocycles. The zero-order valence-corrected chi connectivity index (χ0v) is 22.8. The molecule has 2 rings (SSSR count). The average molecular weight is 468 g/mol. The van der Waals surface area contributed by atoms with Gasteiger partial charge in [-0.1, -0.05) is 140 Å². The number of nitrogens with zero attached hydrogens (tertiary/aromatic N) is 2. The molecular weight excluding hydrogens is 412 g/mol. The summed E-state index contributed by atoms with van der Waals surface area (Å²) < 4.78 is 5.07. The van der Waals surface area contributed by atoms with Crippen LogP contribution in [0.5, 0.6) is 0 Å². The van der Waals surface area contributed by atoms with E-state index in [4.69, 9.17) is 0 Å². The van der Waals surface area contributed by atoms with Crippen molar-refractivity contribution < 1.29 is 4.57 Å². The van der Waals surface area contributed by atoms with Gasteiger partial charge in [-0.15, -0.1) is 0 Å². The van der Waals surface area contributed by atoms with Gasteiger partial charge in [0.15, 0.2) is 0 Å². The normalized spacial score (nSPS) is 11.4. The van der Waals surface area contributed by atoms with Crippen molar-refractivity contribution in [2.45, 2.75) is 149 Å². The molecule has 0 atom stereocenters. The van der Waals surface area contributed by atoms with Gasteiger partial charge in [-0.3, -0.25) is 0 Å². The van der Waals surface area contributed by atoms with E-state index in [9.17, 15) is 0 Å². The molecule has 0 unspecified atom stereocenters. The quantitative estimate of drug-likeness (QED) is 0.120. The fourth-order valence-corrected chi connectivity index (χ4v) is 5.10. The van der Waals surface area contributed by atoms with E-state index in [0.717, 1.165) is 6.54 Å². The Hall–Kier alpha value is -1.57. The Balaban J connectivity index is 1.72. The van der Waals surface area contributed by atoms with Gasteiger partial charge in [0, 0.05) is 6.42 Å². The molecule has 0 spiro atoms. The molecule has 0 fully saturated rings. The molecule has 0 N–H and O–H groups in total. The molecule has 0 amide bonds. The Morgan fingerprint density at radius 3 is 1.65 bits per heavy atom. The summed E-state index contributed by atoms with van der Waals surface area (Å²) in [6.45, 7) is 6.78. The van der Waals surface area contributed by atoms with E-state index in [-0.39, 0.29) is 0 Å². The summed E-state index contributed by atoms with van der Waals surface area (Å²) in [4.78, 5) is 0. The van der Waals surface area contributed by atoms with Gasteiger partial charge < -0.3 is 0 Å². The summed E-state index contributed by atoms with van der Waals surface area (Å²) in [6.07, 6.45) is 31.1. The summed E-state index contributed by atoms with van der Waals surface area (Å²) >= 11 is 0. The number of rotatable bonds is 22. The van der Waals surface area contributed by atoms with Crippen LogP contribution in [0.3, 0.4) is 0 Å². The predicted octanol–water partition coefficient (Wildman–Crippen LogP) is 9.43. The third kappa shape index (κ3) is 12.8. The number of imidazole rings is 1. The molecule has 2 heteroatoms. The monoisotopic (exact) mass is 467 g/mol. The molecule has 192 valence electrons. The van der Waals surface area contributed by atoms with Gasteiger partial charge in [0.2, 0.25) is 0 Å². The molecule has 1 heterocycles. The van der Waals surface area contributed by atoms with Crippen molar-refractivity contribution in [2.24, 2.45) is 0 Å². The molecule has 34 heavy (non-hydrogen) atoms. The van der Waals surface area contributed by atoms with E-state index in [1.54, 1.807) is 0 Å². The molecule has 0 aliphatic rings. The summed E-state index contributed by atoms with van der Waals surface area (Å²) in [5.41, 5.74) is 1.40. The van der Waals surface area contributed by atoms with Gasteiger partial charge in [-0.2, -0.15) is 0 Å². The molecule has 2 aromatic rings. The lowest BCUT2D eigenvalue weighted by Gasteiger charge is -2.07. The van der Waals surface area contributed by atoms with Crippen LogP contribution in [0, 0.1) is 0 Å². The minimum Gasteiger partial charge on any atom is -0.234 e. The van der Waals surface area contributed by atoms with Crippen LogP contribution in [0.1, 0.15) is 141 Å². The number of hydrogen-bond acceptors (Lipinski definition) is 0. The molecule has 0 aliphatic carbocycles. The predicted molar refractivity (Wildman–Crippen MR) is 148 cm³/mol. The maximum atomic E-state index is 2.56. The van der Waals surface area contributed by atoms with Gasteiger partial charge in [0.05, 0.1) is 6.54 Å². The van der Waals surface area contributed by atoms with Gasteiger partial charge in [-0.05, 0) is 24.8 Å². The van der Waals surface area contributed by atoms with Gasteiger partial charge in [-0.25, -0.2) is 9.13 Å². The third-order valence-corrected chi connectivity index (χ3v) is 7.29. The molecule has 0 saturated heterocycles. The van der Waals surface area contributed by atoms with E-state index in [1.165, 1.54) is 140 Å². The van der Waals surface area contributed by atoms with Crippen LogP contribution >= 0.6 is 0 Å². The highest BCUT2D eigenvalue weighted by molar-refractivity contribution is 5.13. The van der Waals surface area contributed by atoms with Crippen molar-refractivity contribution in [1.29, 1.82) is 0 Å². The fourth-order valence-electron chi connectivity index (χ4n) is 5.10. The van der Waals surface area contributed by atoms with Crippen molar-refractivity contribution in [2.75, 3.05) is 0 Å². The Bertz CT molecular complexity index is 703. The van der Waals surface area contributed by atoms with E-state index < -0.39 is 0 Å². The number of unbranched alkanes of at least 4 members (excludes halogenated alkanes) is 16. The molecule has 2 nitrogen and oxygen atoms in total. The standard InChI is InChI=1S/C32H55N2/c1-3-5-7-9-11-12-13-14-16-18-23-27-33-28-29-34(30-31-24-20-19-21-25-31)32(33)26-22-17-15-10-8-6-4-2/h19-21,24-25,28-29H,3-18,22-23,26-27,30H2,1-2H3/q+1. The van der Waals surface area contributed by atoms with Crippen molar-refractivity contribution in [3.8, 4) is 0 Å². The molecule has 1 aromatic carbocycles. The van der Waals surface area contributed by atoms with Crippen LogP contribution in [0.25, 0.3) is 0 Å². The fraction of sp³-hybridized carbons (Fsp3) is 0.719. The molecule has 0 bridgehead atoms. The average Bonchev–Trinajstić information content (AvgIpc) is 3.23. The zero-order valence-electron chi connectivity index (χ0n) is 22.8. The Morgan fingerprint density at radius 2 is 1.09 bits per heavy atom. The Kier molecular flexibility index (Phi) is 16.6. The molecule has 1 aromatic heterocycles. The molecule has 0 aliphatic heterocycles. The number of aryl methyl sites for hydroxylation is 1. The highest BCUT2D eigenvalue weighted by atomic mass is 15.1. The molecule has 0 radical (unpaired) electrons. The summed E-state index contributed by atoms with van der Waals surface area (Å²) in [6, 6.07) is 10.9. The zero-order chi connectivity index (χ0) is 24.1. The lowest BCUT2D eigenvalue weighted by molar-refractivity contribution is -0.695. The first kappa shape index (κ1) is 28.7. The van der Waals surface area contributed by atoms with Crippen molar-refractivity contribution in [3.63, 3.8) is 0 Å². The number of hydrogen-bond donors (Lipinski definition) is 0. The maximum absolute atomic E-state index is 2.56. The second kappa shape index (κ2) is 19.7. The van der Waals surface area contributed by atoms with Crippen LogP contribution in [-0.4, -0.2) is 4.57 Å². The lowest BCUT2D eigenvalue weighted by Crippen LogP contribution is -2.37. The Morgan fingerprint density at radius 1 is 0.588 bits per heavy atom. The van der Waals surface area contributed by atoms with Crippen LogP contribution in [-0.2, 0) is 19.5 Å². The van der Waals surface area contributed by atoms with Crippen LogP contribution < -0.4 is 4.57 Å². The second-order valence-corrected chi connectivity index (χ2v) is 10.4. The van der Waals surface area contributed by atoms with Crippen LogP contribution in [0.2, 0.25) is 0 Å². The lowest BCUT2D eigenvalue weighted by atomic mass is 10.1. The number of benzene rings is 1. The summed E-state index contributed by atoms with van der Waals surface area (Å²) in [5.74, 6) is 1.53. The first-order valence-corrected chi connectivity index (χ1v) is 15.0. The summed E-state index contributed by atoms with van der Waals surface area (Å²) in [7, 11) is 0. The number of aromatic nitrogens is 2. The smallest absolute Gasteiger partial charge is 0.234 e. The highest BCUT2D eigenvalue weighted by Gasteiger charge is 2.17. The first-order chi connectivity index (χ1) is 16.8. The van der Waals surface area contributed by atoms with Crippen molar-refractivity contribution >= 4 is 0 Å². The van der Waals surface area contributed by atoms with E-state index in [1.807, 2.05) is 0 Å². The minimum atomic E-state index is 0.998. The van der Waals surface area contributed by atoms with E-state index in [2.05, 4.69) is 65.7 Å². The van der Waals surface area contributed by atoms with Gasteiger partial charge >= 0.3 is 0 Å². The topological polar surface area (TPSA) is 8.81 Å². The van der Waals surface area contributed by atoms with Gasteiger partial charge in [0.25, 0.3) is 5.82 Å². The van der Waals surface area contributed by atoms with Gasteiger partial charge in [0.1, 0.15) is 18.9 Å². The van der Waals surface area contributed by atoms with Crippen molar-refractivity contribution in [3.05, 3.63) is 54.1 Å². The maximum Gasteiger partial charge on any atom is 0.256 e.